The Balaban J connectivity index is 1.52. The van der Waals surface area contributed by atoms with Gasteiger partial charge >= 0.3 is 6.03 Å². The molecule has 0 saturated carbocycles. The topological polar surface area (TPSA) is 101 Å². The van der Waals surface area contributed by atoms with E-state index < -0.39 is 23.4 Å². The van der Waals surface area contributed by atoms with Crippen LogP contribution in [0.15, 0.2) is 47.1 Å². The zero-order valence-corrected chi connectivity index (χ0v) is 14.7. The molecule has 1 spiro atoms. The van der Waals surface area contributed by atoms with Crippen molar-refractivity contribution in [2.45, 2.75) is 24.9 Å². The summed E-state index contributed by atoms with van der Waals surface area (Å²) in [5.41, 5.74) is -0.569. The summed E-state index contributed by atoms with van der Waals surface area (Å²) in [4.78, 5) is 38.9. The number of nitrogens with zero attached hydrogens (tertiary/aromatic N) is 1. The van der Waals surface area contributed by atoms with Gasteiger partial charge in [0, 0.05) is 12.0 Å². The Morgan fingerprint density at radius 3 is 2.89 bits per heavy atom. The van der Waals surface area contributed by atoms with Crippen LogP contribution in [0.3, 0.4) is 0 Å². The van der Waals surface area contributed by atoms with Crippen molar-refractivity contribution >= 4 is 17.8 Å². The predicted molar refractivity (Wildman–Crippen MR) is 93.7 cm³/mol. The molecular formula is C19H19N3O5. The van der Waals surface area contributed by atoms with E-state index in [1.807, 2.05) is 0 Å². The van der Waals surface area contributed by atoms with E-state index >= 15 is 0 Å². The van der Waals surface area contributed by atoms with E-state index in [4.69, 9.17) is 9.15 Å². The van der Waals surface area contributed by atoms with Gasteiger partial charge in [0.1, 0.15) is 18.1 Å². The molecule has 1 saturated heterocycles. The van der Waals surface area contributed by atoms with Gasteiger partial charge in [-0.05, 0) is 25.1 Å². The summed E-state index contributed by atoms with van der Waals surface area (Å²) < 4.78 is 10.8. The van der Waals surface area contributed by atoms with Gasteiger partial charge < -0.3 is 19.8 Å². The number of carbonyl (C=O) groups excluding carboxylic acids is 3. The van der Waals surface area contributed by atoms with Crippen LogP contribution >= 0.6 is 0 Å². The summed E-state index contributed by atoms with van der Waals surface area (Å²) >= 11 is 0. The Hall–Kier alpha value is -3.29. The van der Waals surface area contributed by atoms with Gasteiger partial charge in [0.15, 0.2) is 5.54 Å². The highest BCUT2D eigenvalue weighted by molar-refractivity contribution is 6.09. The van der Waals surface area contributed by atoms with Crippen LogP contribution in [0.4, 0.5) is 4.79 Å². The molecule has 2 N–H and O–H groups in total. The lowest BCUT2D eigenvalue weighted by Crippen LogP contribution is -2.48. The number of fused-ring (bicyclic) bond motifs is 2. The highest BCUT2D eigenvalue weighted by atomic mass is 16.5. The van der Waals surface area contributed by atoms with Gasteiger partial charge in [-0.25, -0.2) is 4.79 Å². The van der Waals surface area contributed by atoms with Crippen molar-refractivity contribution in [2.24, 2.45) is 0 Å². The molecule has 8 heteroatoms. The van der Waals surface area contributed by atoms with Gasteiger partial charge in [-0.1, -0.05) is 18.2 Å². The van der Waals surface area contributed by atoms with Crippen molar-refractivity contribution < 1.29 is 23.5 Å². The molecule has 3 heterocycles. The standard InChI is InChI=1S/C19H19N3O5/c1-12(14-7-4-9-26-14)20-16(23)11-22-17(24)19(21-18(22)25)8-10-27-15-6-3-2-5-13(15)19/h2-7,9,12H,8,10-11H2,1H3,(H,20,23)(H,21,25). The highest BCUT2D eigenvalue weighted by Gasteiger charge is 2.55. The molecule has 27 heavy (non-hydrogen) atoms. The number of rotatable bonds is 4. The zero-order chi connectivity index (χ0) is 19.0. The first-order valence-corrected chi connectivity index (χ1v) is 8.70. The minimum atomic E-state index is -1.18. The highest BCUT2D eigenvalue weighted by Crippen LogP contribution is 2.40. The van der Waals surface area contributed by atoms with Gasteiger partial charge in [-0.2, -0.15) is 0 Å². The number of nitrogens with one attached hydrogen (secondary N) is 2. The molecule has 1 fully saturated rings. The van der Waals surface area contributed by atoms with Crippen LogP contribution < -0.4 is 15.4 Å². The normalized spacial score (nSPS) is 22.2. The molecule has 4 amide bonds. The number of urea groups is 1. The second kappa shape index (κ2) is 6.46. The molecule has 8 nitrogen and oxygen atoms in total. The third kappa shape index (κ3) is 2.83. The fourth-order valence-electron chi connectivity index (χ4n) is 3.56. The van der Waals surface area contributed by atoms with Crippen molar-refractivity contribution in [1.29, 1.82) is 0 Å². The summed E-state index contributed by atoms with van der Waals surface area (Å²) in [6.45, 7) is 1.71. The second-order valence-electron chi connectivity index (χ2n) is 6.63. The number of hydrogen-bond acceptors (Lipinski definition) is 5. The van der Waals surface area contributed by atoms with Crippen molar-refractivity contribution in [3.63, 3.8) is 0 Å². The van der Waals surface area contributed by atoms with Crippen LogP contribution in [0.25, 0.3) is 0 Å². The largest absolute Gasteiger partial charge is 0.493 e. The van der Waals surface area contributed by atoms with Crippen molar-refractivity contribution in [3.05, 3.63) is 54.0 Å². The lowest BCUT2D eigenvalue weighted by molar-refractivity contribution is -0.136. The predicted octanol–water partition coefficient (Wildman–Crippen LogP) is 1.69. The quantitative estimate of drug-likeness (QED) is 0.799. The number of hydrogen-bond donors (Lipinski definition) is 2. The number of carbonyl (C=O) groups is 3. The molecule has 1 aromatic heterocycles. The number of benzene rings is 1. The minimum absolute atomic E-state index is 0.304. The monoisotopic (exact) mass is 369 g/mol. The Morgan fingerprint density at radius 2 is 2.11 bits per heavy atom. The molecule has 4 rings (SSSR count). The van der Waals surface area contributed by atoms with Gasteiger partial charge in [-0.15, -0.1) is 0 Å². The average molecular weight is 369 g/mol. The summed E-state index contributed by atoms with van der Waals surface area (Å²) in [7, 11) is 0. The maximum Gasteiger partial charge on any atom is 0.325 e. The van der Waals surface area contributed by atoms with Gasteiger partial charge in [0.2, 0.25) is 5.91 Å². The second-order valence-corrected chi connectivity index (χ2v) is 6.63. The smallest absolute Gasteiger partial charge is 0.325 e. The van der Waals surface area contributed by atoms with Crippen LogP contribution in [0, 0.1) is 0 Å². The molecule has 0 aliphatic carbocycles. The van der Waals surface area contributed by atoms with E-state index in [0.29, 0.717) is 30.1 Å². The van der Waals surface area contributed by atoms with Gasteiger partial charge in [0.25, 0.3) is 5.91 Å². The van der Waals surface area contributed by atoms with E-state index in [9.17, 15) is 14.4 Å². The first-order chi connectivity index (χ1) is 13.0. The number of ether oxygens (including phenoxy) is 1. The zero-order valence-electron chi connectivity index (χ0n) is 14.7. The average Bonchev–Trinajstić information content (AvgIpc) is 3.27. The maximum atomic E-state index is 13.1. The summed E-state index contributed by atoms with van der Waals surface area (Å²) in [5, 5.41) is 5.50. The Kier molecular flexibility index (Phi) is 4.10. The van der Waals surface area contributed by atoms with Crippen LogP contribution in [0.1, 0.15) is 30.7 Å². The van der Waals surface area contributed by atoms with E-state index in [1.165, 1.54) is 6.26 Å². The van der Waals surface area contributed by atoms with Crippen LogP contribution in [-0.2, 0) is 15.1 Å². The van der Waals surface area contributed by atoms with E-state index in [0.717, 1.165) is 4.90 Å². The Labute approximate surface area is 155 Å². The van der Waals surface area contributed by atoms with Crippen LogP contribution in [0.5, 0.6) is 5.75 Å². The molecule has 0 radical (unpaired) electrons. The first-order valence-electron chi connectivity index (χ1n) is 8.70. The molecular weight excluding hydrogens is 350 g/mol. The van der Waals surface area contributed by atoms with Crippen LogP contribution in [0.2, 0.25) is 0 Å². The van der Waals surface area contributed by atoms with Gasteiger partial charge in [0.05, 0.1) is 18.9 Å². The molecule has 2 aromatic rings. The lowest BCUT2D eigenvalue weighted by Gasteiger charge is -2.33. The third-order valence-corrected chi connectivity index (χ3v) is 4.91. The molecule has 2 unspecified atom stereocenters. The Bertz CT molecular complexity index is 895. The minimum Gasteiger partial charge on any atom is -0.493 e. The van der Waals surface area contributed by atoms with E-state index in [1.54, 1.807) is 43.3 Å². The molecule has 0 bridgehead atoms. The molecule has 2 aliphatic rings. The van der Waals surface area contributed by atoms with E-state index in [2.05, 4.69) is 10.6 Å². The molecule has 1 aromatic carbocycles. The van der Waals surface area contributed by atoms with Crippen molar-refractivity contribution in [1.82, 2.24) is 15.5 Å². The number of amides is 4. The van der Waals surface area contributed by atoms with Crippen molar-refractivity contribution in [2.75, 3.05) is 13.2 Å². The van der Waals surface area contributed by atoms with E-state index in [-0.39, 0.29) is 12.6 Å². The lowest BCUT2D eigenvalue weighted by atomic mass is 9.84. The fraction of sp³-hybridized carbons (Fsp3) is 0.316. The summed E-state index contributed by atoms with van der Waals surface area (Å²) in [5.74, 6) is 0.273. The molecule has 140 valence electrons. The SMILES string of the molecule is CC(NC(=O)CN1C(=O)NC2(CCOc3ccccc32)C1=O)c1ccco1. The number of furan rings is 1. The number of para-hydroxylation sites is 1. The molecule has 2 atom stereocenters. The summed E-state index contributed by atoms with van der Waals surface area (Å²) in [6.07, 6.45) is 1.83. The summed E-state index contributed by atoms with van der Waals surface area (Å²) in [6, 6.07) is 9.62. The Morgan fingerprint density at radius 1 is 1.30 bits per heavy atom. The third-order valence-electron chi connectivity index (χ3n) is 4.91. The maximum absolute atomic E-state index is 13.1. The van der Waals surface area contributed by atoms with Crippen molar-refractivity contribution in [3.8, 4) is 5.75 Å². The molecule has 2 aliphatic heterocycles. The first kappa shape index (κ1) is 17.1. The number of imide groups is 1. The fourth-order valence-corrected chi connectivity index (χ4v) is 3.56. The van der Waals surface area contributed by atoms with Crippen LogP contribution in [-0.4, -0.2) is 35.9 Å². The van der Waals surface area contributed by atoms with Gasteiger partial charge in [-0.3, -0.25) is 14.5 Å².